The number of hydrogen-bond donors (Lipinski definition) is 1. The third-order valence-corrected chi connectivity index (χ3v) is 7.03. The number of para-hydroxylation sites is 1. The van der Waals surface area contributed by atoms with E-state index in [1.165, 1.54) is 25.8 Å². The van der Waals surface area contributed by atoms with Crippen LogP contribution in [0, 0.1) is 0 Å². The molecule has 0 bridgehead atoms. The molecule has 2 aromatic carbocycles. The zero-order valence-corrected chi connectivity index (χ0v) is 18.9. The second-order valence-corrected chi connectivity index (χ2v) is 9.25. The number of benzene rings is 2. The van der Waals surface area contributed by atoms with E-state index in [9.17, 15) is 4.79 Å². The number of carbonyl (C=O) groups excluding carboxylic acids is 1. The molecule has 5 nitrogen and oxygen atoms in total. The Morgan fingerprint density at radius 3 is 2.59 bits per heavy atom. The van der Waals surface area contributed by atoms with E-state index >= 15 is 0 Å². The standard InChI is InChI=1S/C27H33N3O2/c1-20-7-5-16-29(20)17-6-18-32-24-14-12-23(13-15-24)30-25-11-3-2-8-21(25)19-26(30)27(31)28-22-9-4-10-22/h2-3,8,11-15,19-20,22H,4-7,9-10,16-18H2,1H3,(H,28,31). The molecule has 2 aliphatic rings. The van der Waals surface area contributed by atoms with Crippen molar-refractivity contribution in [1.29, 1.82) is 0 Å². The van der Waals surface area contributed by atoms with Gasteiger partial charge < -0.3 is 19.5 Å². The predicted molar refractivity (Wildman–Crippen MR) is 129 cm³/mol. The van der Waals surface area contributed by atoms with E-state index in [4.69, 9.17) is 4.74 Å². The molecular weight excluding hydrogens is 398 g/mol. The number of hydrogen-bond acceptors (Lipinski definition) is 3. The van der Waals surface area contributed by atoms with Gasteiger partial charge in [-0.3, -0.25) is 4.79 Å². The Balaban J connectivity index is 1.29. The Morgan fingerprint density at radius 1 is 1.06 bits per heavy atom. The number of ether oxygens (including phenoxy) is 1. The van der Waals surface area contributed by atoms with E-state index in [0.29, 0.717) is 17.8 Å². The van der Waals surface area contributed by atoms with Crippen LogP contribution in [0.2, 0.25) is 0 Å². The second kappa shape index (κ2) is 9.37. The van der Waals surface area contributed by atoms with Crippen molar-refractivity contribution in [3.05, 3.63) is 60.3 Å². The minimum Gasteiger partial charge on any atom is -0.494 e. The van der Waals surface area contributed by atoms with Gasteiger partial charge in [0.15, 0.2) is 0 Å². The minimum absolute atomic E-state index is 0.00219. The Bertz CT molecular complexity index is 1070. The first-order chi connectivity index (χ1) is 15.7. The monoisotopic (exact) mass is 431 g/mol. The van der Waals surface area contributed by atoms with Crippen LogP contribution in [-0.2, 0) is 0 Å². The van der Waals surface area contributed by atoms with E-state index in [-0.39, 0.29) is 5.91 Å². The molecule has 1 aliphatic carbocycles. The normalized spacial score (nSPS) is 19.2. The Hall–Kier alpha value is -2.79. The topological polar surface area (TPSA) is 46.5 Å². The summed E-state index contributed by atoms with van der Waals surface area (Å²) in [4.78, 5) is 15.6. The van der Waals surface area contributed by atoms with Crippen LogP contribution in [0.3, 0.4) is 0 Å². The van der Waals surface area contributed by atoms with Crippen molar-refractivity contribution in [2.45, 2.75) is 57.5 Å². The molecule has 168 valence electrons. The highest BCUT2D eigenvalue weighted by Gasteiger charge is 2.23. The highest BCUT2D eigenvalue weighted by atomic mass is 16.5. The van der Waals surface area contributed by atoms with Crippen molar-refractivity contribution in [3.8, 4) is 11.4 Å². The first kappa shape index (κ1) is 21.1. The van der Waals surface area contributed by atoms with Gasteiger partial charge in [-0.25, -0.2) is 0 Å². The predicted octanol–water partition coefficient (Wildman–Crippen LogP) is 5.17. The van der Waals surface area contributed by atoms with Gasteiger partial charge in [-0.1, -0.05) is 18.2 Å². The molecular formula is C27H33N3O2. The first-order valence-electron chi connectivity index (χ1n) is 12.1. The third-order valence-electron chi connectivity index (χ3n) is 7.03. The average Bonchev–Trinajstić information content (AvgIpc) is 3.37. The van der Waals surface area contributed by atoms with Crippen LogP contribution >= 0.6 is 0 Å². The lowest BCUT2D eigenvalue weighted by atomic mass is 9.93. The van der Waals surface area contributed by atoms with Gasteiger partial charge in [-0.15, -0.1) is 0 Å². The summed E-state index contributed by atoms with van der Waals surface area (Å²) in [5.74, 6) is 0.877. The number of nitrogens with one attached hydrogen (secondary N) is 1. The lowest BCUT2D eigenvalue weighted by Crippen LogP contribution is -2.40. The van der Waals surface area contributed by atoms with Crippen LogP contribution in [-0.4, -0.2) is 47.2 Å². The summed E-state index contributed by atoms with van der Waals surface area (Å²) >= 11 is 0. The maximum atomic E-state index is 13.0. The molecule has 3 aromatic rings. The largest absolute Gasteiger partial charge is 0.494 e. The van der Waals surface area contributed by atoms with E-state index in [1.807, 2.05) is 42.5 Å². The lowest BCUT2D eigenvalue weighted by Gasteiger charge is -2.26. The van der Waals surface area contributed by atoms with E-state index in [0.717, 1.165) is 54.8 Å². The van der Waals surface area contributed by atoms with Gasteiger partial charge in [0.2, 0.25) is 0 Å². The molecule has 1 saturated carbocycles. The quantitative estimate of drug-likeness (QED) is 0.501. The molecule has 1 unspecified atom stereocenters. The van der Waals surface area contributed by atoms with Gasteiger partial charge in [0.25, 0.3) is 5.91 Å². The highest BCUT2D eigenvalue weighted by Crippen LogP contribution is 2.27. The zero-order chi connectivity index (χ0) is 21.9. The number of carbonyl (C=O) groups is 1. The molecule has 1 N–H and O–H groups in total. The van der Waals surface area contributed by atoms with Crippen molar-refractivity contribution in [3.63, 3.8) is 0 Å². The zero-order valence-electron chi connectivity index (χ0n) is 18.9. The molecule has 32 heavy (non-hydrogen) atoms. The molecule has 1 aromatic heterocycles. The van der Waals surface area contributed by atoms with Crippen LogP contribution in [0.1, 0.15) is 55.9 Å². The number of nitrogens with zero attached hydrogens (tertiary/aromatic N) is 2. The van der Waals surface area contributed by atoms with Crippen molar-refractivity contribution < 1.29 is 9.53 Å². The summed E-state index contributed by atoms with van der Waals surface area (Å²) in [5.41, 5.74) is 2.70. The van der Waals surface area contributed by atoms with Crippen LogP contribution in [0.5, 0.6) is 5.75 Å². The number of fused-ring (bicyclic) bond motifs is 1. The molecule has 1 saturated heterocycles. The molecule has 2 fully saturated rings. The molecule has 2 heterocycles. The molecule has 1 aliphatic heterocycles. The minimum atomic E-state index is 0.00219. The third kappa shape index (κ3) is 4.40. The van der Waals surface area contributed by atoms with Gasteiger partial charge in [0.1, 0.15) is 11.4 Å². The Labute approximate surface area is 190 Å². The number of aromatic nitrogens is 1. The van der Waals surface area contributed by atoms with Crippen molar-refractivity contribution in [2.24, 2.45) is 0 Å². The molecule has 0 radical (unpaired) electrons. The maximum absolute atomic E-state index is 13.0. The molecule has 5 heteroatoms. The summed E-state index contributed by atoms with van der Waals surface area (Å²) in [6.07, 6.45) is 7.03. The fraction of sp³-hybridized carbons (Fsp3) is 0.444. The number of likely N-dealkylation sites (tertiary alicyclic amines) is 1. The molecule has 1 amide bonds. The van der Waals surface area contributed by atoms with Crippen LogP contribution in [0.25, 0.3) is 16.6 Å². The van der Waals surface area contributed by atoms with Gasteiger partial charge in [0.05, 0.1) is 12.1 Å². The SMILES string of the molecule is CC1CCCN1CCCOc1ccc(-n2c(C(=O)NC3CCC3)cc3ccccc32)cc1. The van der Waals surface area contributed by atoms with E-state index in [2.05, 4.69) is 33.8 Å². The van der Waals surface area contributed by atoms with Crippen LogP contribution in [0.15, 0.2) is 54.6 Å². The van der Waals surface area contributed by atoms with Crippen LogP contribution in [0.4, 0.5) is 0 Å². The smallest absolute Gasteiger partial charge is 0.268 e. The van der Waals surface area contributed by atoms with Gasteiger partial charge in [0, 0.05) is 29.7 Å². The lowest BCUT2D eigenvalue weighted by molar-refractivity contribution is 0.0910. The maximum Gasteiger partial charge on any atom is 0.268 e. The van der Waals surface area contributed by atoms with Gasteiger partial charge in [-0.2, -0.15) is 0 Å². The fourth-order valence-electron chi connectivity index (χ4n) is 4.89. The summed E-state index contributed by atoms with van der Waals surface area (Å²) in [6, 6.07) is 19.3. The average molecular weight is 432 g/mol. The summed E-state index contributed by atoms with van der Waals surface area (Å²) in [5, 5.41) is 4.26. The van der Waals surface area contributed by atoms with Gasteiger partial charge >= 0.3 is 0 Å². The molecule has 1 atom stereocenters. The van der Waals surface area contributed by atoms with Crippen molar-refractivity contribution >= 4 is 16.8 Å². The molecule has 5 rings (SSSR count). The second-order valence-electron chi connectivity index (χ2n) is 9.25. The Morgan fingerprint density at radius 2 is 1.88 bits per heavy atom. The number of amides is 1. The van der Waals surface area contributed by atoms with Gasteiger partial charge in [-0.05, 0) is 88.4 Å². The fourth-order valence-corrected chi connectivity index (χ4v) is 4.89. The summed E-state index contributed by atoms with van der Waals surface area (Å²) in [7, 11) is 0. The summed E-state index contributed by atoms with van der Waals surface area (Å²) in [6.45, 7) is 5.37. The van der Waals surface area contributed by atoms with Crippen LogP contribution < -0.4 is 10.1 Å². The molecule has 0 spiro atoms. The number of rotatable bonds is 8. The summed E-state index contributed by atoms with van der Waals surface area (Å²) < 4.78 is 8.06. The Kier molecular flexibility index (Phi) is 6.17. The van der Waals surface area contributed by atoms with E-state index in [1.54, 1.807) is 0 Å². The van der Waals surface area contributed by atoms with Crippen molar-refractivity contribution in [2.75, 3.05) is 19.7 Å². The van der Waals surface area contributed by atoms with E-state index < -0.39 is 0 Å². The van der Waals surface area contributed by atoms with Crippen molar-refractivity contribution in [1.82, 2.24) is 14.8 Å². The first-order valence-corrected chi connectivity index (χ1v) is 12.1. The highest BCUT2D eigenvalue weighted by molar-refractivity contribution is 6.00.